The van der Waals surface area contributed by atoms with Gasteiger partial charge in [-0.15, -0.1) is 0 Å². The first-order chi connectivity index (χ1) is 9.58. The Balaban J connectivity index is 1.65. The Labute approximate surface area is 119 Å². The lowest BCUT2D eigenvalue weighted by Crippen LogP contribution is -2.47. The third kappa shape index (κ3) is 2.32. The van der Waals surface area contributed by atoms with Crippen molar-refractivity contribution in [2.45, 2.75) is 51.2 Å². The van der Waals surface area contributed by atoms with Crippen LogP contribution in [0.4, 0.5) is 0 Å². The molecule has 20 heavy (non-hydrogen) atoms. The molecule has 0 aromatic carbocycles. The van der Waals surface area contributed by atoms with Gasteiger partial charge in [-0.05, 0) is 50.9 Å². The highest BCUT2D eigenvalue weighted by Gasteiger charge is 2.54. The molecular formula is C15H23NO4. The van der Waals surface area contributed by atoms with Crippen LogP contribution in [0.15, 0.2) is 0 Å². The summed E-state index contributed by atoms with van der Waals surface area (Å²) in [4.78, 5) is 23.9. The molecule has 112 valence electrons. The molecule has 0 radical (unpaired) electrons. The van der Waals surface area contributed by atoms with Crippen molar-refractivity contribution in [1.29, 1.82) is 0 Å². The summed E-state index contributed by atoms with van der Waals surface area (Å²) in [5, 5.41) is 12.4. The molecule has 2 saturated carbocycles. The fraction of sp³-hybridized carbons (Fsp3) is 0.867. The summed E-state index contributed by atoms with van der Waals surface area (Å²) in [7, 11) is 0. The highest BCUT2D eigenvalue weighted by molar-refractivity contribution is 5.86. The molecule has 0 aromatic heterocycles. The lowest BCUT2D eigenvalue weighted by Gasteiger charge is -2.29. The van der Waals surface area contributed by atoms with Gasteiger partial charge in [0, 0.05) is 6.61 Å². The van der Waals surface area contributed by atoms with Crippen LogP contribution in [0.3, 0.4) is 0 Å². The average Bonchev–Trinajstić information content (AvgIpc) is 3.13. The van der Waals surface area contributed by atoms with Crippen LogP contribution in [-0.2, 0) is 14.3 Å². The first kappa shape index (κ1) is 13.9. The number of amides is 1. The number of nitrogens with one attached hydrogen (secondary N) is 1. The van der Waals surface area contributed by atoms with E-state index in [9.17, 15) is 14.7 Å². The van der Waals surface area contributed by atoms with E-state index in [4.69, 9.17) is 4.74 Å². The third-order valence-electron chi connectivity index (χ3n) is 5.40. The second kappa shape index (κ2) is 5.35. The number of carbonyl (C=O) groups excluding carboxylic acids is 1. The van der Waals surface area contributed by atoms with E-state index in [1.807, 2.05) is 6.92 Å². The van der Waals surface area contributed by atoms with Crippen LogP contribution in [0.25, 0.3) is 0 Å². The predicted octanol–water partition coefficient (Wildman–Crippen LogP) is 1.42. The van der Waals surface area contributed by atoms with Crippen molar-refractivity contribution in [2.75, 3.05) is 6.61 Å². The second-order valence-electron chi connectivity index (χ2n) is 6.57. The maximum Gasteiger partial charge on any atom is 0.307 e. The molecule has 2 bridgehead atoms. The summed E-state index contributed by atoms with van der Waals surface area (Å²) < 4.78 is 5.58. The SMILES string of the molecule is C[C@H](NC(=O)[C@@H]1[C@H]2CC[C@@H](C2)[C@H]1C(=O)O)[C@@H]1CCCO1. The minimum absolute atomic E-state index is 0.0291. The molecular weight excluding hydrogens is 258 g/mol. The molecule has 1 heterocycles. The number of ether oxygens (including phenoxy) is 1. The quantitative estimate of drug-likeness (QED) is 0.817. The molecule has 0 aromatic rings. The topological polar surface area (TPSA) is 75.6 Å². The van der Waals surface area contributed by atoms with Crippen LogP contribution in [0.2, 0.25) is 0 Å². The summed E-state index contributed by atoms with van der Waals surface area (Å²) in [6.45, 7) is 2.72. The smallest absolute Gasteiger partial charge is 0.307 e. The maximum atomic E-state index is 12.5. The van der Waals surface area contributed by atoms with Crippen molar-refractivity contribution in [3.05, 3.63) is 0 Å². The molecule has 3 rings (SSSR count). The van der Waals surface area contributed by atoms with Gasteiger partial charge in [0.2, 0.25) is 5.91 Å². The number of aliphatic carboxylic acids is 1. The third-order valence-corrected chi connectivity index (χ3v) is 5.40. The zero-order valence-electron chi connectivity index (χ0n) is 11.9. The zero-order chi connectivity index (χ0) is 14.3. The Kier molecular flexibility index (Phi) is 3.71. The number of fused-ring (bicyclic) bond motifs is 2. The van der Waals surface area contributed by atoms with Crippen molar-refractivity contribution in [1.82, 2.24) is 5.32 Å². The number of carbonyl (C=O) groups is 2. The van der Waals surface area contributed by atoms with Crippen molar-refractivity contribution >= 4 is 11.9 Å². The van der Waals surface area contributed by atoms with Crippen LogP contribution in [0.1, 0.15) is 39.0 Å². The second-order valence-corrected chi connectivity index (χ2v) is 6.57. The van der Waals surface area contributed by atoms with Gasteiger partial charge in [-0.1, -0.05) is 0 Å². The lowest BCUT2D eigenvalue weighted by molar-refractivity contribution is -0.149. The van der Waals surface area contributed by atoms with Crippen molar-refractivity contribution < 1.29 is 19.4 Å². The lowest BCUT2D eigenvalue weighted by atomic mass is 9.78. The van der Waals surface area contributed by atoms with E-state index in [1.54, 1.807) is 0 Å². The van der Waals surface area contributed by atoms with Crippen molar-refractivity contribution in [2.24, 2.45) is 23.7 Å². The van der Waals surface area contributed by atoms with Gasteiger partial charge in [-0.2, -0.15) is 0 Å². The fourth-order valence-electron chi connectivity index (χ4n) is 4.43. The summed E-state index contributed by atoms with van der Waals surface area (Å²) in [5.74, 6) is -1.24. The Morgan fingerprint density at radius 3 is 2.50 bits per heavy atom. The van der Waals surface area contributed by atoms with Gasteiger partial charge >= 0.3 is 5.97 Å². The molecule has 2 N–H and O–H groups in total. The van der Waals surface area contributed by atoms with Gasteiger partial charge in [0.25, 0.3) is 0 Å². The standard InChI is InChI=1S/C15H23NO4/c1-8(11-3-2-6-20-11)16-14(17)12-9-4-5-10(7-9)13(12)15(18)19/h8-13H,2-7H2,1H3,(H,16,17)(H,18,19)/t8-,9-,10-,11-,12+,13+/m0/s1. The Hall–Kier alpha value is -1.10. The zero-order valence-corrected chi connectivity index (χ0v) is 11.9. The van der Waals surface area contributed by atoms with Gasteiger partial charge in [0.05, 0.1) is 24.0 Å². The number of carboxylic acids is 1. The summed E-state index contributed by atoms with van der Waals surface area (Å²) in [6, 6.07) is -0.0291. The van der Waals surface area contributed by atoms with E-state index in [2.05, 4.69) is 5.32 Å². The van der Waals surface area contributed by atoms with Crippen molar-refractivity contribution in [3.63, 3.8) is 0 Å². The molecule has 0 spiro atoms. The van der Waals surface area contributed by atoms with E-state index >= 15 is 0 Å². The Bertz CT molecular complexity index is 405. The van der Waals surface area contributed by atoms with Gasteiger partial charge in [0.15, 0.2) is 0 Å². The predicted molar refractivity (Wildman–Crippen MR) is 72.0 cm³/mol. The highest BCUT2D eigenvalue weighted by atomic mass is 16.5. The maximum absolute atomic E-state index is 12.5. The monoisotopic (exact) mass is 281 g/mol. The highest BCUT2D eigenvalue weighted by Crippen LogP contribution is 2.52. The van der Waals surface area contributed by atoms with E-state index in [-0.39, 0.29) is 35.8 Å². The first-order valence-electron chi connectivity index (χ1n) is 7.72. The van der Waals surface area contributed by atoms with Crippen LogP contribution in [0, 0.1) is 23.7 Å². The molecule has 2 aliphatic carbocycles. The largest absolute Gasteiger partial charge is 0.481 e. The van der Waals surface area contributed by atoms with Crippen LogP contribution >= 0.6 is 0 Å². The number of hydrogen-bond acceptors (Lipinski definition) is 3. The summed E-state index contributed by atoms with van der Waals surface area (Å²) >= 11 is 0. The van der Waals surface area contributed by atoms with E-state index < -0.39 is 11.9 Å². The molecule has 3 fully saturated rings. The molecule has 3 aliphatic rings. The van der Waals surface area contributed by atoms with E-state index in [0.29, 0.717) is 0 Å². The van der Waals surface area contributed by atoms with E-state index in [1.165, 1.54) is 0 Å². The number of hydrogen-bond donors (Lipinski definition) is 2. The fourth-order valence-corrected chi connectivity index (χ4v) is 4.43. The minimum Gasteiger partial charge on any atom is -0.481 e. The molecule has 1 amide bonds. The van der Waals surface area contributed by atoms with Gasteiger partial charge < -0.3 is 15.2 Å². The average molecular weight is 281 g/mol. The van der Waals surface area contributed by atoms with Crippen LogP contribution in [-0.4, -0.2) is 35.7 Å². The van der Waals surface area contributed by atoms with Crippen molar-refractivity contribution in [3.8, 4) is 0 Å². The van der Waals surface area contributed by atoms with Gasteiger partial charge in [-0.3, -0.25) is 9.59 Å². The van der Waals surface area contributed by atoms with E-state index in [0.717, 1.165) is 38.7 Å². The number of rotatable bonds is 4. The normalized spacial score (nSPS) is 40.8. The Morgan fingerprint density at radius 2 is 1.90 bits per heavy atom. The van der Waals surface area contributed by atoms with Gasteiger partial charge in [0.1, 0.15) is 0 Å². The Morgan fingerprint density at radius 1 is 1.20 bits per heavy atom. The van der Waals surface area contributed by atoms with Crippen LogP contribution in [0.5, 0.6) is 0 Å². The minimum atomic E-state index is -0.804. The summed E-state index contributed by atoms with van der Waals surface area (Å²) in [5.41, 5.74) is 0. The number of carboxylic acid groups (broad SMARTS) is 1. The molecule has 1 aliphatic heterocycles. The molecule has 5 heteroatoms. The molecule has 0 unspecified atom stereocenters. The van der Waals surface area contributed by atoms with Gasteiger partial charge in [-0.25, -0.2) is 0 Å². The first-order valence-corrected chi connectivity index (χ1v) is 7.72. The van der Waals surface area contributed by atoms with Crippen LogP contribution < -0.4 is 5.32 Å². The molecule has 5 nitrogen and oxygen atoms in total. The molecule has 6 atom stereocenters. The molecule has 1 saturated heterocycles. The summed E-state index contributed by atoms with van der Waals surface area (Å²) in [6.07, 6.45) is 4.97.